The van der Waals surface area contributed by atoms with Crippen LogP contribution in [0.4, 0.5) is 13.6 Å². The maximum absolute atomic E-state index is 13.6. The maximum atomic E-state index is 13.6. The van der Waals surface area contributed by atoms with Crippen molar-refractivity contribution < 1.29 is 18.4 Å². The van der Waals surface area contributed by atoms with E-state index in [0.717, 1.165) is 36.5 Å². The summed E-state index contributed by atoms with van der Waals surface area (Å²) in [6.07, 6.45) is 0.952. The van der Waals surface area contributed by atoms with Crippen LogP contribution in [0.2, 0.25) is 0 Å². The minimum atomic E-state index is -1.41. The van der Waals surface area contributed by atoms with Crippen molar-refractivity contribution in [1.29, 1.82) is 0 Å². The highest BCUT2D eigenvalue weighted by atomic mass is 19.2. The van der Waals surface area contributed by atoms with Crippen LogP contribution in [0.15, 0.2) is 48.5 Å². The molecule has 4 rings (SSSR count). The zero-order valence-corrected chi connectivity index (χ0v) is 15.5. The number of hydrogen-bond donors (Lipinski definition) is 1. The van der Waals surface area contributed by atoms with Crippen LogP contribution < -0.4 is 5.32 Å². The van der Waals surface area contributed by atoms with Crippen LogP contribution in [0.5, 0.6) is 0 Å². The SMILES string of the molecule is C[C@@]1(c2ccc(F)c(F)c2)NC(=O)N(CN2CC[C@H](c3ccccc3)C2)C1=O. The van der Waals surface area contributed by atoms with Gasteiger partial charge in [0, 0.05) is 13.1 Å². The standard InChI is InChI=1S/C21H21F2N3O2/c1-21(16-7-8-17(22)18(23)11-16)19(27)26(20(28)24-21)13-25-10-9-15(12-25)14-5-3-2-4-6-14/h2-8,11,15H,9-10,12-13H2,1H3,(H,24,28)/t15-,21-/m0/s1. The molecule has 0 aromatic heterocycles. The lowest BCUT2D eigenvalue weighted by atomic mass is 9.92. The Balaban J connectivity index is 1.48. The first kappa shape index (κ1) is 18.6. The van der Waals surface area contributed by atoms with Gasteiger partial charge in [0.2, 0.25) is 0 Å². The Kier molecular flexibility index (Phi) is 4.63. The van der Waals surface area contributed by atoms with E-state index in [-0.39, 0.29) is 12.2 Å². The molecule has 5 nitrogen and oxygen atoms in total. The number of imide groups is 1. The largest absolute Gasteiger partial charge is 0.326 e. The molecule has 0 saturated carbocycles. The second-order valence-electron chi connectivity index (χ2n) is 7.53. The Morgan fingerprint density at radius 2 is 1.86 bits per heavy atom. The average Bonchev–Trinajstić information content (AvgIpc) is 3.24. The summed E-state index contributed by atoms with van der Waals surface area (Å²) in [5.41, 5.74) is 0.0501. The van der Waals surface area contributed by atoms with Gasteiger partial charge in [0.05, 0.1) is 6.67 Å². The predicted molar refractivity (Wildman–Crippen MR) is 99.3 cm³/mol. The van der Waals surface area contributed by atoms with Crippen LogP contribution in [0.3, 0.4) is 0 Å². The van der Waals surface area contributed by atoms with E-state index in [0.29, 0.717) is 5.92 Å². The van der Waals surface area contributed by atoms with E-state index in [1.807, 2.05) is 18.2 Å². The summed E-state index contributed by atoms with van der Waals surface area (Å²) in [6, 6.07) is 12.9. The van der Waals surface area contributed by atoms with Crippen molar-refractivity contribution in [2.75, 3.05) is 19.8 Å². The molecule has 0 spiro atoms. The van der Waals surface area contributed by atoms with Crippen molar-refractivity contribution in [3.8, 4) is 0 Å². The molecule has 2 heterocycles. The summed E-state index contributed by atoms with van der Waals surface area (Å²) < 4.78 is 26.9. The topological polar surface area (TPSA) is 52.7 Å². The summed E-state index contributed by atoms with van der Waals surface area (Å²) in [5, 5.41) is 2.63. The first-order valence-corrected chi connectivity index (χ1v) is 9.25. The lowest BCUT2D eigenvalue weighted by Crippen LogP contribution is -2.43. The maximum Gasteiger partial charge on any atom is 0.326 e. The van der Waals surface area contributed by atoms with Crippen molar-refractivity contribution >= 4 is 11.9 Å². The fourth-order valence-electron chi connectivity index (χ4n) is 3.99. The molecule has 2 aliphatic rings. The third-order valence-electron chi connectivity index (χ3n) is 5.66. The van der Waals surface area contributed by atoms with Gasteiger partial charge in [-0.1, -0.05) is 36.4 Å². The number of halogens is 2. The lowest BCUT2D eigenvalue weighted by Gasteiger charge is -2.24. The van der Waals surface area contributed by atoms with E-state index in [1.54, 1.807) is 0 Å². The van der Waals surface area contributed by atoms with Gasteiger partial charge in [0.1, 0.15) is 5.54 Å². The number of nitrogens with zero attached hydrogens (tertiary/aromatic N) is 2. The van der Waals surface area contributed by atoms with E-state index in [4.69, 9.17) is 0 Å². The number of benzene rings is 2. The third kappa shape index (κ3) is 3.16. The van der Waals surface area contributed by atoms with E-state index in [1.165, 1.54) is 18.6 Å². The fourth-order valence-corrected chi connectivity index (χ4v) is 3.99. The molecule has 0 radical (unpaired) electrons. The van der Waals surface area contributed by atoms with Crippen molar-refractivity contribution in [1.82, 2.24) is 15.1 Å². The number of nitrogens with one attached hydrogen (secondary N) is 1. The minimum absolute atomic E-state index is 0.174. The molecule has 1 N–H and O–H groups in total. The van der Waals surface area contributed by atoms with Crippen molar-refractivity contribution in [3.05, 3.63) is 71.3 Å². The van der Waals surface area contributed by atoms with Crippen molar-refractivity contribution in [3.63, 3.8) is 0 Å². The Bertz CT molecular complexity index is 921. The number of carbonyl (C=O) groups excluding carboxylic acids is 2. The van der Waals surface area contributed by atoms with Gasteiger partial charge in [0.25, 0.3) is 5.91 Å². The summed E-state index contributed by atoms with van der Waals surface area (Å²) in [5.74, 6) is -2.15. The van der Waals surface area contributed by atoms with Gasteiger partial charge in [-0.25, -0.2) is 18.5 Å². The number of rotatable bonds is 4. The molecule has 2 aliphatic heterocycles. The Morgan fingerprint density at radius 1 is 1.11 bits per heavy atom. The molecule has 28 heavy (non-hydrogen) atoms. The zero-order valence-electron chi connectivity index (χ0n) is 15.5. The monoisotopic (exact) mass is 385 g/mol. The first-order chi connectivity index (χ1) is 13.4. The molecular weight excluding hydrogens is 364 g/mol. The fraction of sp³-hybridized carbons (Fsp3) is 0.333. The predicted octanol–water partition coefficient (Wildman–Crippen LogP) is 3.18. The highest BCUT2D eigenvalue weighted by molar-refractivity contribution is 6.07. The van der Waals surface area contributed by atoms with Gasteiger partial charge in [0.15, 0.2) is 11.6 Å². The molecule has 2 aromatic rings. The summed E-state index contributed by atoms with van der Waals surface area (Å²) in [6.45, 7) is 3.21. The number of urea groups is 1. The summed E-state index contributed by atoms with van der Waals surface area (Å²) >= 11 is 0. The van der Waals surface area contributed by atoms with E-state index < -0.39 is 29.1 Å². The minimum Gasteiger partial charge on any atom is -0.319 e. The quantitative estimate of drug-likeness (QED) is 0.823. The van der Waals surface area contributed by atoms with Gasteiger partial charge in [-0.05, 0) is 42.5 Å². The summed E-state index contributed by atoms with van der Waals surface area (Å²) in [4.78, 5) is 28.6. The van der Waals surface area contributed by atoms with Crippen molar-refractivity contribution in [2.45, 2.75) is 24.8 Å². The van der Waals surface area contributed by atoms with Gasteiger partial charge in [-0.3, -0.25) is 9.69 Å². The molecule has 3 amide bonds. The highest BCUT2D eigenvalue weighted by Gasteiger charge is 2.49. The van der Waals surface area contributed by atoms with Crippen LogP contribution >= 0.6 is 0 Å². The summed E-state index contributed by atoms with van der Waals surface area (Å²) in [7, 11) is 0. The normalized spacial score (nSPS) is 25.4. The zero-order chi connectivity index (χ0) is 19.9. The van der Waals surface area contributed by atoms with Gasteiger partial charge in [-0.2, -0.15) is 0 Å². The van der Waals surface area contributed by atoms with Crippen molar-refractivity contribution in [2.24, 2.45) is 0 Å². The molecule has 0 bridgehead atoms. The van der Waals surface area contributed by atoms with E-state index in [2.05, 4.69) is 22.3 Å². The van der Waals surface area contributed by atoms with Crippen LogP contribution in [0, 0.1) is 11.6 Å². The van der Waals surface area contributed by atoms with Crippen LogP contribution in [-0.4, -0.2) is 41.5 Å². The number of hydrogen-bond acceptors (Lipinski definition) is 3. The van der Waals surface area contributed by atoms with Gasteiger partial charge < -0.3 is 5.32 Å². The average molecular weight is 385 g/mol. The smallest absolute Gasteiger partial charge is 0.319 e. The molecule has 2 aromatic carbocycles. The van der Waals surface area contributed by atoms with Gasteiger partial charge in [-0.15, -0.1) is 0 Å². The van der Waals surface area contributed by atoms with Crippen LogP contribution in [0.1, 0.15) is 30.4 Å². The molecule has 0 unspecified atom stereocenters. The third-order valence-corrected chi connectivity index (χ3v) is 5.66. The lowest BCUT2D eigenvalue weighted by molar-refractivity contribution is -0.132. The Labute approximate surface area is 161 Å². The molecular formula is C21H21F2N3O2. The van der Waals surface area contributed by atoms with E-state index in [9.17, 15) is 18.4 Å². The molecule has 2 saturated heterocycles. The highest BCUT2D eigenvalue weighted by Crippen LogP contribution is 2.32. The molecule has 2 atom stereocenters. The Morgan fingerprint density at radius 3 is 2.57 bits per heavy atom. The second kappa shape index (κ2) is 6.98. The number of carbonyl (C=O) groups is 2. The molecule has 146 valence electrons. The molecule has 2 fully saturated rings. The van der Waals surface area contributed by atoms with E-state index >= 15 is 0 Å². The molecule has 7 heteroatoms. The first-order valence-electron chi connectivity index (χ1n) is 9.25. The second-order valence-corrected chi connectivity index (χ2v) is 7.53. The molecule has 0 aliphatic carbocycles. The number of amides is 3. The van der Waals surface area contributed by atoms with Crippen LogP contribution in [0.25, 0.3) is 0 Å². The number of likely N-dealkylation sites (tertiary alicyclic amines) is 1. The van der Waals surface area contributed by atoms with Crippen LogP contribution in [-0.2, 0) is 10.3 Å². The Hall–Kier alpha value is -2.80. The van der Waals surface area contributed by atoms with Gasteiger partial charge >= 0.3 is 6.03 Å².